The second kappa shape index (κ2) is 4.54. The zero-order chi connectivity index (χ0) is 14.5. The fourth-order valence-electron chi connectivity index (χ4n) is 4.04. The predicted molar refractivity (Wildman–Crippen MR) is 71.4 cm³/mol. The molecule has 20 heavy (non-hydrogen) atoms. The zero-order valence-corrected chi connectivity index (χ0v) is 12.2. The van der Waals surface area contributed by atoms with Crippen molar-refractivity contribution in [1.29, 1.82) is 0 Å². The highest BCUT2D eigenvalue weighted by Gasteiger charge is 2.70. The molecule has 6 nitrogen and oxygen atoms in total. The molecule has 3 fully saturated rings. The molecule has 2 saturated carbocycles. The summed E-state index contributed by atoms with van der Waals surface area (Å²) in [6.07, 6.45) is 2.48. The minimum Gasteiger partial charge on any atom is -0.373 e. The Bertz CT molecular complexity index is 545. The standard InChI is InChI=1S/C13H19NO5S/c1-3-11(15)14-4-5-18-12-8-6-9-10(7-8)20(16,17)19-13(9,12)2/h3,8-10,12H,1,4-7H2,2H3,(H,14,15). The summed E-state index contributed by atoms with van der Waals surface area (Å²) in [5, 5.41) is 2.28. The van der Waals surface area contributed by atoms with E-state index in [1.165, 1.54) is 6.08 Å². The molecule has 2 aliphatic carbocycles. The third-order valence-electron chi connectivity index (χ3n) is 4.82. The van der Waals surface area contributed by atoms with Crippen LogP contribution in [0.1, 0.15) is 19.8 Å². The number of hydrogen-bond acceptors (Lipinski definition) is 5. The predicted octanol–water partition coefficient (Wildman–Crippen LogP) is 0.201. The van der Waals surface area contributed by atoms with Crippen LogP contribution in [0, 0.1) is 11.8 Å². The van der Waals surface area contributed by atoms with Gasteiger partial charge in [0.25, 0.3) is 10.1 Å². The number of amides is 1. The summed E-state index contributed by atoms with van der Waals surface area (Å²) >= 11 is 0. The second-order valence-electron chi connectivity index (χ2n) is 5.92. The zero-order valence-electron chi connectivity index (χ0n) is 11.4. The number of hydrogen-bond donors (Lipinski definition) is 1. The number of nitrogens with one attached hydrogen (secondary N) is 1. The average Bonchev–Trinajstić information content (AvgIpc) is 2.95. The van der Waals surface area contributed by atoms with Crippen molar-refractivity contribution in [1.82, 2.24) is 5.32 Å². The smallest absolute Gasteiger partial charge is 0.271 e. The van der Waals surface area contributed by atoms with Crippen molar-refractivity contribution >= 4 is 16.0 Å². The summed E-state index contributed by atoms with van der Waals surface area (Å²) in [5.41, 5.74) is -0.727. The second-order valence-corrected chi connectivity index (χ2v) is 7.68. The van der Waals surface area contributed by atoms with Gasteiger partial charge in [0.05, 0.1) is 18.0 Å². The number of fused-ring (bicyclic) bond motifs is 1. The van der Waals surface area contributed by atoms with E-state index in [0.717, 1.165) is 6.42 Å². The molecule has 1 aliphatic heterocycles. The lowest BCUT2D eigenvalue weighted by Crippen LogP contribution is -2.47. The molecule has 0 spiro atoms. The summed E-state index contributed by atoms with van der Waals surface area (Å²) in [7, 11) is -3.43. The summed E-state index contributed by atoms with van der Waals surface area (Å²) in [4.78, 5) is 11.0. The Labute approximate surface area is 118 Å². The monoisotopic (exact) mass is 301 g/mol. The van der Waals surface area contributed by atoms with E-state index in [4.69, 9.17) is 8.92 Å². The SMILES string of the molecule is C=CC(=O)NCCOC1C2CC3C(C2)S(=O)(=O)OC31C. The Morgan fingerprint density at radius 3 is 3.00 bits per heavy atom. The maximum atomic E-state index is 11.9. The molecule has 2 bridgehead atoms. The van der Waals surface area contributed by atoms with Gasteiger partial charge >= 0.3 is 0 Å². The summed E-state index contributed by atoms with van der Waals surface area (Å²) in [6.45, 7) is 5.93. The van der Waals surface area contributed by atoms with Crippen molar-refractivity contribution in [2.24, 2.45) is 11.8 Å². The van der Waals surface area contributed by atoms with Crippen LogP contribution in [0.4, 0.5) is 0 Å². The maximum absolute atomic E-state index is 11.9. The van der Waals surface area contributed by atoms with Gasteiger partial charge in [0.15, 0.2) is 0 Å². The first kappa shape index (κ1) is 14.0. The molecule has 1 amide bonds. The molecule has 7 heteroatoms. The molecule has 0 aromatic rings. The van der Waals surface area contributed by atoms with Crippen LogP contribution < -0.4 is 5.32 Å². The van der Waals surface area contributed by atoms with Crippen molar-refractivity contribution in [2.75, 3.05) is 13.2 Å². The Morgan fingerprint density at radius 1 is 1.55 bits per heavy atom. The molecule has 5 atom stereocenters. The van der Waals surface area contributed by atoms with Gasteiger partial charge in [-0.25, -0.2) is 0 Å². The Morgan fingerprint density at radius 2 is 2.30 bits per heavy atom. The van der Waals surface area contributed by atoms with Gasteiger partial charge in [-0.2, -0.15) is 8.42 Å². The maximum Gasteiger partial charge on any atom is 0.271 e. The molecule has 112 valence electrons. The van der Waals surface area contributed by atoms with E-state index >= 15 is 0 Å². The number of carbonyl (C=O) groups is 1. The highest BCUT2D eigenvalue weighted by molar-refractivity contribution is 7.87. The quantitative estimate of drug-likeness (QED) is 0.446. The molecule has 1 saturated heterocycles. The summed E-state index contributed by atoms with van der Waals surface area (Å²) in [5.74, 6) is 0.0418. The van der Waals surface area contributed by atoms with E-state index in [9.17, 15) is 13.2 Å². The lowest BCUT2D eigenvalue weighted by Gasteiger charge is -2.34. The molecule has 1 heterocycles. The van der Waals surface area contributed by atoms with Crippen LogP contribution in [0.2, 0.25) is 0 Å². The molecule has 0 aromatic heterocycles. The fraction of sp³-hybridized carbons (Fsp3) is 0.769. The molecule has 5 unspecified atom stereocenters. The Kier molecular flexibility index (Phi) is 3.19. The third kappa shape index (κ3) is 1.91. The minimum atomic E-state index is -3.43. The highest BCUT2D eigenvalue weighted by Crippen LogP contribution is 2.61. The average molecular weight is 301 g/mol. The van der Waals surface area contributed by atoms with Gasteiger partial charge in [0, 0.05) is 12.5 Å². The molecule has 3 aliphatic rings. The molecule has 0 aromatic carbocycles. The van der Waals surface area contributed by atoms with Crippen LogP contribution in [0.5, 0.6) is 0 Å². The molecule has 1 N–H and O–H groups in total. The van der Waals surface area contributed by atoms with Gasteiger partial charge < -0.3 is 10.1 Å². The van der Waals surface area contributed by atoms with Gasteiger partial charge in [-0.3, -0.25) is 8.98 Å². The van der Waals surface area contributed by atoms with E-state index < -0.39 is 15.7 Å². The van der Waals surface area contributed by atoms with Crippen molar-refractivity contribution in [3.8, 4) is 0 Å². The van der Waals surface area contributed by atoms with Crippen molar-refractivity contribution in [3.63, 3.8) is 0 Å². The number of rotatable bonds is 5. The first-order valence-electron chi connectivity index (χ1n) is 6.85. The van der Waals surface area contributed by atoms with Crippen LogP contribution in [0.15, 0.2) is 12.7 Å². The lowest BCUT2D eigenvalue weighted by atomic mass is 9.83. The molecule has 0 radical (unpaired) electrons. The Balaban J connectivity index is 1.62. The third-order valence-corrected chi connectivity index (χ3v) is 6.67. The van der Waals surface area contributed by atoms with Crippen molar-refractivity contribution in [2.45, 2.75) is 36.7 Å². The van der Waals surface area contributed by atoms with E-state index in [-0.39, 0.29) is 29.1 Å². The largest absolute Gasteiger partial charge is 0.373 e. The molecular weight excluding hydrogens is 282 g/mol. The first-order valence-corrected chi connectivity index (χ1v) is 8.32. The van der Waals surface area contributed by atoms with Gasteiger partial charge in [-0.15, -0.1) is 0 Å². The van der Waals surface area contributed by atoms with Crippen molar-refractivity contribution < 1.29 is 22.1 Å². The van der Waals surface area contributed by atoms with Crippen LogP contribution >= 0.6 is 0 Å². The number of carbonyl (C=O) groups excluding carboxylic acids is 1. The van der Waals surface area contributed by atoms with E-state index in [1.807, 2.05) is 6.92 Å². The minimum absolute atomic E-state index is 0.0465. The van der Waals surface area contributed by atoms with E-state index in [1.54, 1.807) is 0 Å². The number of ether oxygens (including phenoxy) is 1. The van der Waals surface area contributed by atoms with Crippen LogP contribution in [-0.2, 0) is 23.8 Å². The molecule has 3 rings (SSSR count). The highest BCUT2D eigenvalue weighted by atomic mass is 32.2. The van der Waals surface area contributed by atoms with E-state index in [0.29, 0.717) is 19.6 Å². The normalized spacial score (nSPS) is 43.6. The topological polar surface area (TPSA) is 81.7 Å². The summed E-state index contributed by atoms with van der Waals surface area (Å²) < 4.78 is 35.1. The Hall–Kier alpha value is -0.920. The summed E-state index contributed by atoms with van der Waals surface area (Å²) in [6, 6.07) is 0. The van der Waals surface area contributed by atoms with Gasteiger partial charge in [0.2, 0.25) is 5.91 Å². The first-order chi connectivity index (χ1) is 9.38. The van der Waals surface area contributed by atoms with E-state index in [2.05, 4.69) is 11.9 Å². The van der Waals surface area contributed by atoms with Crippen molar-refractivity contribution in [3.05, 3.63) is 12.7 Å². The van der Waals surface area contributed by atoms with Crippen LogP contribution in [-0.4, -0.2) is 44.4 Å². The van der Waals surface area contributed by atoms with Gasteiger partial charge in [-0.05, 0) is 31.8 Å². The van der Waals surface area contributed by atoms with Crippen LogP contribution in [0.3, 0.4) is 0 Å². The van der Waals surface area contributed by atoms with Gasteiger partial charge in [-0.1, -0.05) is 6.58 Å². The lowest BCUT2D eigenvalue weighted by molar-refractivity contribution is -0.117. The fourth-order valence-corrected chi connectivity index (χ4v) is 6.15. The van der Waals surface area contributed by atoms with Crippen LogP contribution in [0.25, 0.3) is 0 Å². The molecular formula is C13H19NO5S. The van der Waals surface area contributed by atoms with Gasteiger partial charge in [0.1, 0.15) is 5.60 Å².